The van der Waals surface area contributed by atoms with Gasteiger partial charge in [0.25, 0.3) is 0 Å². The average Bonchev–Trinajstić information content (AvgIpc) is 2.47. The van der Waals surface area contributed by atoms with Crippen molar-refractivity contribution >= 4 is 5.78 Å². The van der Waals surface area contributed by atoms with Gasteiger partial charge in [-0.2, -0.15) is 0 Å². The van der Waals surface area contributed by atoms with E-state index >= 15 is 0 Å². The predicted octanol–water partition coefficient (Wildman–Crippen LogP) is 2.18. The molecule has 0 fully saturated rings. The molecule has 6 nitrogen and oxygen atoms in total. The molecule has 0 aromatic carbocycles. The first-order valence-electron chi connectivity index (χ1n) is 6.23. The summed E-state index contributed by atoms with van der Waals surface area (Å²) in [5.41, 5.74) is 0.493. The molecule has 0 spiro atoms. The highest BCUT2D eigenvalue weighted by molar-refractivity contribution is 6.01. The number of carbonyl (C=O) groups is 1. The number of rotatable bonds is 0. The van der Waals surface area contributed by atoms with Gasteiger partial charge in [-0.3, -0.25) is 4.79 Å². The molecule has 3 aliphatic rings. The minimum atomic E-state index is -0.788. The van der Waals surface area contributed by atoms with Crippen LogP contribution in [-0.2, 0) is 9.53 Å². The Morgan fingerprint density at radius 3 is 2.24 bits per heavy atom. The topological polar surface area (TPSA) is 107 Å². The van der Waals surface area contributed by atoms with Crippen molar-refractivity contribution in [1.82, 2.24) is 0 Å². The first-order valence-corrected chi connectivity index (χ1v) is 6.23. The molecule has 0 aromatic heterocycles. The zero-order valence-corrected chi connectivity index (χ0v) is 10.7. The van der Waals surface area contributed by atoms with Gasteiger partial charge in [-0.15, -0.1) is 0 Å². The summed E-state index contributed by atoms with van der Waals surface area (Å²) >= 11 is 0. The molecule has 2 aliphatic carbocycles. The number of aliphatic hydroxyl groups is 4. The van der Waals surface area contributed by atoms with E-state index in [1.165, 1.54) is 36.5 Å². The summed E-state index contributed by atoms with van der Waals surface area (Å²) in [5, 5.41) is 38.8. The maximum Gasteiger partial charge on any atom is 0.196 e. The van der Waals surface area contributed by atoms with Gasteiger partial charge in [-0.05, 0) is 30.4 Å². The highest BCUT2D eigenvalue weighted by Crippen LogP contribution is 2.37. The number of allylic oxidation sites excluding steroid dienone is 5. The number of carbonyl (C=O) groups excluding carboxylic acids is 1. The molecule has 0 amide bonds. The molecule has 2 atom stereocenters. The maximum atomic E-state index is 11.1. The predicted molar refractivity (Wildman–Crippen MR) is 72.4 cm³/mol. The molecular formula is C15H12O6. The Morgan fingerprint density at radius 2 is 1.57 bits per heavy atom. The zero-order valence-electron chi connectivity index (χ0n) is 10.7. The summed E-state index contributed by atoms with van der Waals surface area (Å²) in [4.78, 5) is 11.1. The molecule has 108 valence electrons. The number of ketones is 1. The van der Waals surface area contributed by atoms with Crippen molar-refractivity contribution in [2.75, 3.05) is 0 Å². The molecule has 3 rings (SSSR count). The van der Waals surface area contributed by atoms with E-state index in [4.69, 9.17) is 4.74 Å². The standard InChI is InChI=1S/C15H12O6/c16-8-3-1-7(2-4-8)15-11(18)5-9-12(21-15)6-10(17)14(20)13(9)19/h1-6,9,12,17-20H. The summed E-state index contributed by atoms with van der Waals surface area (Å²) in [6.45, 7) is 0. The van der Waals surface area contributed by atoms with Crippen LogP contribution < -0.4 is 0 Å². The Balaban J connectivity index is 2.04. The number of hydrogen-bond acceptors (Lipinski definition) is 6. The van der Waals surface area contributed by atoms with Crippen LogP contribution in [0.3, 0.4) is 0 Å². The Labute approximate surface area is 119 Å². The van der Waals surface area contributed by atoms with Crippen molar-refractivity contribution in [2.45, 2.75) is 6.10 Å². The fourth-order valence-corrected chi connectivity index (χ4v) is 2.33. The maximum absolute atomic E-state index is 11.1. The second-order valence-electron chi connectivity index (χ2n) is 4.80. The molecule has 21 heavy (non-hydrogen) atoms. The number of aliphatic hydroxyl groups excluding tert-OH is 4. The minimum absolute atomic E-state index is 0.134. The average molecular weight is 288 g/mol. The molecule has 0 saturated carbocycles. The molecule has 2 unspecified atom stereocenters. The van der Waals surface area contributed by atoms with Gasteiger partial charge in [0.1, 0.15) is 11.9 Å². The van der Waals surface area contributed by atoms with E-state index in [0.717, 1.165) is 0 Å². The largest absolute Gasteiger partial charge is 0.508 e. The third kappa shape index (κ3) is 2.10. The normalized spacial score (nSPS) is 28.1. The van der Waals surface area contributed by atoms with Gasteiger partial charge in [0.05, 0.1) is 5.92 Å². The van der Waals surface area contributed by atoms with Crippen LogP contribution in [-0.4, -0.2) is 32.3 Å². The highest BCUT2D eigenvalue weighted by Gasteiger charge is 2.37. The van der Waals surface area contributed by atoms with E-state index in [2.05, 4.69) is 0 Å². The Morgan fingerprint density at radius 1 is 0.905 bits per heavy atom. The zero-order chi connectivity index (χ0) is 15.1. The van der Waals surface area contributed by atoms with E-state index in [9.17, 15) is 25.2 Å². The van der Waals surface area contributed by atoms with Crippen LogP contribution >= 0.6 is 0 Å². The van der Waals surface area contributed by atoms with Gasteiger partial charge in [0.2, 0.25) is 0 Å². The van der Waals surface area contributed by atoms with Crippen molar-refractivity contribution in [3.05, 3.63) is 70.8 Å². The van der Waals surface area contributed by atoms with Gasteiger partial charge < -0.3 is 25.2 Å². The fourth-order valence-electron chi connectivity index (χ4n) is 2.33. The molecule has 1 aliphatic heterocycles. The lowest BCUT2D eigenvalue weighted by Crippen LogP contribution is -2.31. The summed E-state index contributed by atoms with van der Waals surface area (Å²) < 4.78 is 5.57. The van der Waals surface area contributed by atoms with Crippen molar-refractivity contribution in [3.8, 4) is 0 Å². The van der Waals surface area contributed by atoms with Gasteiger partial charge in [-0.1, -0.05) is 0 Å². The molecule has 0 aromatic rings. The smallest absolute Gasteiger partial charge is 0.196 e. The van der Waals surface area contributed by atoms with Crippen LogP contribution in [0.15, 0.2) is 70.8 Å². The van der Waals surface area contributed by atoms with Gasteiger partial charge in [0, 0.05) is 11.6 Å². The van der Waals surface area contributed by atoms with Gasteiger partial charge in [0.15, 0.2) is 28.8 Å². The Hall–Kier alpha value is -2.89. The molecule has 0 saturated heterocycles. The summed E-state index contributed by atoms with van der Waals surface area (Å²) in [7, 11) is 0. The molecular weight excluding hydrogens is 276 g/mol. The van der Waals surface area contributed by atoms with E-state index < -0.39 is 29.3 Å². The van der Waals surface area contributed by atoms with Crippen LogP contribution in [0.4, 0.5) is 0 Å². The summed E-state index contributed by atoms with van der Waals surface area (Å²) in [5.74, 6) is -2.64. The van der Waals surface area contributed by atoms with Crippen molar-refractivity contribution < 1.29 is 30.0 Å². The first-order chi connectivity index (χ1) is 9.97. The number of fused-ring (bicyclic) bond motifs is 1. The lowest BCUT2D eigenvalue weighted by Gasteiger charge is -2.32. The first kappa shape index (κ1) is 13.1. The van der Waals surface area contributed by atoms with E-state index in [-0.39, 0.29) is 17.3 Å². The third-order valence-corrected chi connectivity index (χ3v) is 3.42. The third-order valence-electron chi connectivity index (χ3n) is 3.42. The van der Waals surface area contributed by atoms with Crippen molar-refractivity contribution in [3.63, 3.8) is 0 Å². The summed E-state index contributed by atoms with van der Waals surface area (Å²) in [6.07, 6.45) is 7.47. The Kier molecular flexibility index (Phi) is 2.86. The van der Waals surface area contributed by atoms with E-state index in [1.807, 2.05) is 0 Å². The molecule has 0 bridgehead atoms. The van der Waals surface area contributed by atoms with Crippen LogP contribution in [0.5, 0.6) is 0 Å². The molecule has 0 radical (unpaired) electrons. The molecule has 6 heteroatoms. The van der Waals surface area contributed by atoms with E-state index in [0.29, 0.717) is 5.57 Å². The van der Waals surface area contributed by atoms with E-state index in [1.54, 1.807) is 0 Å². The monoisotopic (exact) mass is 288 g/mol. The van der Waals surface area contributed by atoms with Crippen LogP contribution in [0.2, 0.25) is 0 Å². The lowest BCUT2D eigenvalue weighted by atomic mass is 9.90. The van der Waals surface area contributed by atoms with Gasteiger partial charge in [-0.25, -0.2) is 0 Å². The molecule has 1 heterocycles. The fraction of sp³-hybridized carbons (Fsp3) is 0.133. The lowest BCUT2D eigenvalue weighted by molar-refractivity contribution is -0.110. The molecule has 4 N–H and O–H groups in total. The quantitative estimate of drug-likeness (QED) is 0.544. The number of ether oxygens (including phenoxy) is 1. The minimum Gasteiger partial charge on any atom is -0.508 e. The second kappa shape index (κ2) is 4.59. The van der Waals surface area contributed by atoms with Crippen LogP contribution in [0, 0.1) is 5.92 Å². The van der Waals surface area contributed by atoms with Gasteiger partial charge >= 0.3 is 0 Å². The van der Waals surface area contributed by atoms with Crippen LogP contribution in [0.25, 0.3) is 0 Å². The highest BCUT2D eigenvalue weighted by atomic mass is 16.5. The van der Waals surface area contributed by atoms with Crippen LogP contribution in [0.1, 0.15) is 0 Å². The summed E-state index contributed by atoms with van der Waals surface area (Å²) in [6, 6.07) is 0. The SMILES string of the molecule is O=C1C=CC(=C2OC3C=C(O)C(O)=C(O)C3C=C2O)C=C1. The van der Waals surface area contributed by atoms with Crippen molar-refractivity contribution in [1.29, 1.82) is 0 Å². The number of hydrogen-bond donors (Lipinski definition) is 4. The Bertz CT molecular complexity index is 684. The van der Waals surface area contributed by atoms with Crippen molar-refractivity contribution in [2.24, 2.45) is 5.92 Å². The second-order valence-corrected chi connectivity index (χ2v) is 4.80.